The molecule has 2 aliphatic heterocycles. The van der Waals surface area contributed by atoms with Gasteiger partial charge in [0.25, 0.3) is 0 Å². The third-order valence-corrected chi connectivity index (χ3v) is 6.61. The predicted molar refractivity (Wildman–Crippen MR) is 102 cm³/mol. The molecule has 142 valence electrons. The zero-order chi connectivity index (χ0) is 18.1. The number of aliphatic hydroxyl groups is 1. The van der Waals surface area contributed by atoms with Crippen molar-refractivity contribution in [3.8, 4) is 0 Å². The molecular weight excluding hydrogens is 326 g/mol. The molecule has 1 N–H and O–H groups in total. The first-order valence-electron chi connectivity index (χ1n) is 10.0. The van der Waals surface area contributed by atoms with Crippen LogP contribution in [0.4, 0.5) is 0 Å². The second kappa shape index (κ2) is 7.67. The molecule has 1 aromatic rings. The molecule has 3 aliphatic rings. The van der Waals surface area contributed by atoms with Gasteiger partial charge in [0.2, 0.25) is 5.91 Å². The minimum atomic E-state index is 0.282. The lowest BCUT2D eigenvalue weighted by Crippen LogP contribution is -2.42. The fourth-order valence-electron chi connectivity index (χ4n) is 4.83. The van der Waals surface area contributed by atoms with Gasteiger partial charge in [-0.25, -0.2) is 0 Å². The largest absolute Gasteiger partial charge is 0.396 e. The molecule has 1 amide bonds. The third kappa shape index (κ3) is 3.80. The Hall–Kier alpha value is -1.43. The normalized spacial score (nSPS) is 29.5. The van der Waals surface area contributed by atoms with Gasteiger partial charge in [-0.2, -0.15) is 0 Å². The SMILES string of the molecule is Cc1ccccc1CN1CCCN(C(=O)CN2C[C@@H]3C(CO)[C@@H]3C2)CC1. The molecule has 4 rings (SSSR count). The summed E-state index contributed by atoms with van der Waals surface area (Å²) in [4.78, 5) is 19.5. The van der Waals surface area contributed by atoms with Crippen molar-refractivity contribution in [3.05, 3.63) is 35.4 Å². The molecule has 1 aliphatic carbocycles. The molecule has 5 heteroatoms. The maximum atomic E-state index is 12.7. The number of amides is 1. The Kier molecular flexibility index (Phi) is 5.30. The molecular formula is C21H31N3O2. The molecule has 3 atom stereocenters. The van der Waals surface area contributed by atoms with Crippen LogP contribution in [0, 0.1) is 24.7 Å². The smallest absolute Gasteiger partial charge is 0.236 e. The van der Waals surface area contributed by atoms with Gasteiger partial charge in [-0.05, 0) is 42.2 Å². The fourth-order valence-corrected chi connectivity index (χ4v) is 4.83. The number of carbonyl (C=O) groups is 1. The van der Waals surface area contributed by atoms with Crippen LogP contribution >= 0.6 is 0 Å². The van der Waals surface area contributed by atoms with Crippen LogP contribution in [0.2, 0.25) is 0 Å². The molecule has 0 radical (unpaired) electrons. The molecule has 2 saturated heterocycles. The summed E-state index contributed by atoms with van der Waals surface area (Å²) in [6.45, 7) is 9.75. The summed E-state index contributed by atoms with van der Waals surface area (Å²) in [7, 11) is 0. The fraction of sp³-hybridized carbons (Fsp3) is 0.667. The number of piperidine rings is 1. The Morgan fingerprint density at radius 2 is 1.85 bits per heavy atom. The first-order chi connectivity index (χ1) is 12.7. The molecule has 26 heavy (non-hydrogen) atoms. The first kappa shape index (κ1) is 18.0. The van der Waals surface area contributed by atoms with Crippen molar-refractivity contribution in [2.75, 3.05) is 52.4 Å². The van der Waals surface area contributed by atoms with E-state index in [1.165, 1.54) is 11.1 Å². The van der Waals surface area contributed by atoms with E-state index in [9.17, 15) is 9.90 Å². The van der Waals surface area contributed by atoms with E-state index in [0.717, 1.165) is 52.2 Å². The number of aliphatic hydroxyl groups excluding tert-OH is 1. The summed E-state index contributed by atoms with van der Waals surface area (Å²) in [5.41, 5.74) is 2.74. The Bertz CT molecular complexity index is 638. The highest BCUT2D eigenvalue weighted by molar-refractivity contribution is 5.78. The number of hydrogen-bond donors (Lipinski definition) is 1. The maximum Gasteiger partial charge on any atom is 0.236 e. The van der Waals surface area contributed by atoms with Gasteiger partial charge < -0.3 is 10.0 Å². The molecule has 3 fully saturated rings. The molecule has 0 aromatic heterocycles. The number of rotatable bonds is 5. The number of fused-ring (bicyclic) bond motifs is 1. The van der Waals surface area contributed by atoms with E-state index in [2.05, 4.69) is 45.9 Å². The van der Waals surface area contributed by atoms with Crippen molar-refractivity contribution in [2.45, 2.75) is 19.9 Å². The van der Waals surface area contributed by atoms with Gasteiger partial charge in [0.05, 0.1) is 6.54 Å². The van der Waals surface area contributed by atoms with Gasteiger partial charge in [0.15, 0.2) is 0 Å². The zero-order valence-corrected chi connectivity index (χ0v) is 15.8. The molecule has 0 spiro atoms. The average molecular weight is 357 g/mol. The number of nitrogens with zero attached hydrogens (tertiary/aromatic N) is 3. The zero-order valence-electron chi connectivity index (χ0n) is 15.8. The van der Waals surface area contributed by atoms with E-state index in [-0.39, 0.29) is 5.91 Å². The van der Waals surface area contributed by atoms with Crippen molar-refractivity contribution in [1.82, 2.24) is 14.7 Å². The Balaban J connectivity index is 1.25. The molecule has 5 nitrogen and oxygen atoms in total. The van der Waals surface area contributed by atoms with Crippen LogP contribution in [0.1, 0.15) is 17.5 Å². The Morgan fingerprint density at radius 3 is 2.58 bits per heavy atom. The molecule has 1 unspecified atom stereocenters. The summed E-state index contributed by atoms with van der Waals surface area (Å²) in [6, 6.07) is 8.58. The maximum absolute atomic E-state index is 12.7. The van der Waals surface area contributed by atoms with Crippen molar-refractivity contribution in [1.29, 1.82) is 0 Å². The first-order valence-corrected chi connectivity index (χ1v) is 10.0. The lowest BCUT2D eigenvalue weighted by molar-refractivity contribution is -0.132. The van der Waals surface area contributed by atoms with E-state index in [4.69, 9.17) is 0 Å². The van der Waals surface area contributed by atoms with Crippen LogP contribution in [-0.4, -0.2) is 78.1 Å². The Morgan fingerprint density at radius 1 is 1.08 bits per heavy atom. The van der Waals surface area contributed by atoms with Crippen molar-refractivity contribution in [3.63, 3.8) is 0 Å². The van der Waals surface area contributed by atoms with Gasteiger partial charge in [0.1, 0.15) is 0 Å². The predicted octanol–water partition coefficient (Wildman–Crippen LogP) is 1.20. The van der Waals surface area contributed by atoms with E-state index >= 15 is 0 Å². The monoisotopic (exact) mass is 357 g/mol. The molecule has 1 aromatic carbocycles. The molecule has 0 bridgehead atoms. The lowest BCUT2D eigenvalue weighted by atomic mass is 10.1. The minimum absolute atomic E-state index is 0.282. The summed E-state index contributed by atoms with van der Waals surface area (Å²) < 4.78 is 0. The number of hydrogen-bond acceptors (Lipinski definition) is 4. The van der Waals surface area contributed by atoms with Crippen LogP contribution in [0.5, 0.6) is 0 Å². The van der Waals surface area contributed by atoms with Gasteiger partial charge >= 0.3 is 0 Å². The number of benzene rings is 1. The average Bonchev–Trinajstić information content (AvgIpc) is 3.22. The van der Waals surface area contributed by atoms with Crippen LogP contribution in [-0.2, 0) is 11.3 Å². The number of aryl methyl sites for hydroxylation is 1. The number of likely N-dealkylation sites (tertiary alicyclic amines) is 1. The highest BCUT2D eigenvalue weighted by atomic mass is 16.3. The van der Waals surface area contributed by atoms with Crippen molar-refractivity contribution in [2.24, 2.45) is 17.8 Å². The van der Waals surface area contributed by atoms with Crippen LogP contribution < -0.4 is 0 Å². The summed E-state index contributed by atoms with van der Waals surface area (Å²) in [6.07, 6.45) is 1.05. The second-order valence-electron chi connectivity index (χ2n) is 8.31. The highest BCUT2D eigenvalue weighted by Crippen LogP contribution is 2.51. The van der Waals surface area contributed by atoms with Crippen LogP contribution in [0.3, 0.4) is 0 Å². The van der Waals surface area contributed by atoms with E-state index < -0.39 is 0 Å². The molecule has 2 heterocycles. The lowest BCUT2D eigenvalue weighted by Gasteiger charge is -2.25. The van der Waals surface area contributed by atoms with Crippen molar-refractivity contribution >= 4 is 5.91 Å². The van der Waals surface area contributed by atoms with E-state index in [1.54, 1.807) is 0 Å². The quantitative estimate of drug-likeness (QED) is 0.860. The third-order valence-electron chi connectivity index (χ3n) is 6.61. The second-order valence-corrected chi connectivity index (χ2v) is 8.31. The van der Waals surface area contributed by atoms with Gasteiger partial charge in [-0.15, -0.1) is 0 Å². The standard InChI is InChI=1S/C21H31N3O2/c1-16-5-2-3-6-17(16)11-22-7-4-8-24(10-9-22)21(26)14-23-12-18-19(13-23)20(18)15-25/h2-3,5-6,18-20,25H,4,7-15H2,1H3/t18-,19+,20?. The van der Waals surface area contributed by atoms with E-state index in [0.29, 0.717) is 30.9 Å². The molecule has 1 saturated carbocycles. The number of carbonyl (C=O) groups excluding carboxylic acids is 1. The summed E-state index contributed by atoms with van der Waals surface area (Å²) in [5.74, 6) is 2.07. The Labute approximate surface area is 156 Å². The topological polar surface area (TPSA) is 47.0 Å². The van der Waals surface area contributed by atoms with Gasteiger partial charge in [-0.1, -0.05) is 24.3 Å². The summed E-state index contributed by atoms with van der Waals surface area (Å²) in [5, 5.41) is 9.26. The van der Waals surface area contributed by atoms with Crippen LogP contribution in [0.15, 0.2) is 24.3 Å². The van der Waals surface area contributed by atoms with Gasteiger partial charge in [0, 0.05) is 52.4 Å². The van der Waals surface area contributed by atoms with Crippen molar-refractivity contribution < 1.29 is 9.90 Å². The van der Waals surface area contributed by atoms with Crippen LogP contribution in [0.25, 0.3) is 0 Å². The van der Waals surface area contributed by atoms with Gasteiger partial charge in [-0.3, -0.25) is 14.6 Å². The summed E-state index contributed by atoms with van der Waals surface area (Å²) >= 11 is 0. The van der Waals surface area contributed by atoms with E-state index in [1.807, 2.05) is 0 Å². The minimum Gasteiger partial charge on any atom is -0.396 e. The highest BCUT2D eigenvalue weighted by Gasteiger charge is 2.55.